The zero-order chi connectivity index (χ0) is 18.9. The number of hydrogen-bond donors (Lipinski definition) is 2. The van der Waals surface area contributed by atoms with Gasteiger partial charge in [0, 0.05) is 6.54 Å². The fraction of sp³-hybridized carbons (Fsp3) is 0.333. The number of rotatable bonds is 8. The average molecular weight is 356 g/mol. The molecular formula is C21H25FN2O2. The molecule has 2 rings (SSSR count). The second kappa shape index (κ2) is 9.70. The van der Waals surface area contributed by atoms with E-state index in [4.69, 9.17) is 0 Å². The van der Waals surface area contributed by atoms with E-state index < -0.39 is 6.04 Å². The highest BCUT2D eigenvalue weighted by molar-refractivity contribution is 5.88. The highest BCUT2D eigenvalue weighted by atomic mass is 19.1. The van der Waals surface area contributed by atoms with Gasteiger partial charge in [-0.05, 0) is 35.6 Å². The molecule has 5 heteroatoms. The summed E-state index contributed by atoms with van der Waals surface area (Å²) >= 11 is 0. The van der Waals surface area contributed by atoms with Gasteiger partial charge < -0.3 is 10.6 Å². The molecule has 0 unspecified atom stereocenters. The molecule has 1 atom stereocenters. The lowest BCUT2D eigenvalue weighted by Crippen LogP contribution is -2.50. The Balaban J connectivity index is 1.85. The standard InChI is InChI=1S/C21H25FN2O2/c1-15(2)20(24-19(25)14-16-7-4-3-5-8-16)21(26)23-12-11-17-9-6-10-18(22)13-17/h3-10,13,15,20H,11-12,14H2,1-2H3,(H,23,26)(H,24,25)/t20-/m0/s1. The fourth-order valence-corrected chi connectivity index (χ4v) is 2.67. The van der Waals surface area contributed by atoms with Gasteiger partial charge in [-0.15, -0.1) is 0 Å². The summed E-state index contributed by atoms with van der Waals surface area (Å²) in [5.41, 5.74) is 1.72. The highest BCUT2D eigenvalue weighted by Gasteiger charge is 2.23. The normalized spacial score (nSPS) is 11.8. The Hall–Kier alpha value is -2.69. The third-order valence-electron chi connectivity index (χ3n) is 4.08. The minimum atomic E-state index is -0.598. The van der Waals surface area contributed by atoms with Crippen LogP contribution in [-0.4, -0.2) is 24.4 Å². The molecule has 0 radical (unpaired) electrons. The van der Waals surface area contributed by atoms with Gasteiger partial charge in [-0.1, -0.05) is 56.3 Å². The van der Waals surface area contributed by atoms with Crippen LogP contribution in [0.1, 0.15) is 25.0 Å². The third-order valence-corrected chi connectivity index (χ3v) is 4.08. The first-order valence-corrected chi connectivity index (χ1v) is 8.81. The second-order valence-corrected chi connectivity index (χ2v) is 6.62. The second-order valence-electron chi connectivity index (χ2n) is 6.62. The van der Waals surface area contributed by atoms with E-state index in [0.29, 0.717) is 13.0 Å². The van der Waals surface area contributed by atoms with Crippen molar-refractivity contribution < 1.29 is 14.0 Å². The summed E-state index contributed by atoms with van der Waals surface area (Å²) in [6, 6.07) is 15.1. The Labute approximate surface area is 153 Å². The van der Waals surface area contributed by atoms with Crippen LogP contribution in [0.25, 0.3) is 0 Å². The maximum absolute atomic E-state index is 13.2. The number of amides is 2. The maximum atomic E-state index is 13.2. The van der Waals surface area contributed by atoms with Gasteiger partial charge in [0.25, 0.3) is 0 Å². The first-order valence-electron chi connectivity index (χ1n) is 8.81. The van der Waals surface area contributed by atoms with Crippen molar-refractivity contribution in [2.75, 3.05) is 6.54 Å². The fourth-order valence-electron chi connectivity index (χ4n) is 2.67. The Morgan fingerprint density at radius 1 is 1.00 bits per heavy atom. The molecular weight excluding hydrogens is 331 g/mol. The van der Waals surface area contributed by atoms with Gasteiger partial charge in [-0.25, -0.2) is 4.39 Å². The Morgan fingerprint density at radius 3 is 2.35 bits per heavy atom. The Bertz CT molecular complexity index is 732. The molecule has 0 bridgehead atoms. The lowest BCUT2D eigenvalue weighted by molar-refractivity contribution is -0.129. The number of halogens is 1. The molecule has 0 fully saturated rings. The van der Waals surface area contributed by atoms with Crippen molar-refractivity contribution in [1.82, 2.24) is 10.6 Å². The minimum absolute atomic E-state index is 0.0381. The zero-order valence-corrected chi connectivity index (χ0v) is 15.2. The third kappa shape index (κ3) is 6.31. The summed E-state index contributed by atoms with van der Waals surface area (Å²) in [5, 5.41) is 5.64. The predicted molar refractivity (Wildman–Crippen MR) is 100 cm³/mol. The van der Waals surface area contributed by atoms with Crippen LogP contribution in [0.5, 0.6) is 0 Å². The van der Waals surface area contributed by atoms with Crippen LogP contribution in [0.15, 0.2) is 54.6 Å². The van der Waals surface area contributed by atoms with E-state index in [1.165, 1.54) is 12.1 Å². The molecule has 0 spiro atoms. The summed E-state index contributed by atoms with van der Waals surface area (Å²) in [6.45, 7) is 4.17. The van der Waals surface area contributed by atoms with Crippen LogP contribution < -0.4 is 10.6 Å². The highest BCUT2D eigenvalue weighted by Crippen LogP contribution is 2.06. The molecule has 2 aromatic rings. The first-order chi connectivity index (χ1) is 12.5. The predicted octanol–water partition coefficient (Wildman–Crippen LogP) is 2.87. The van der Waals surface area contributed by atoms with Crippen LogP contribution in [-0.2, 0) is 22.4 Å². The van der Waals surface area contributed by atoms with E-state index in [1.54, 1.807) is 6.07 Å². The van der Waals surface area contributed by atoms with Crippen molar-refractivity contribution in [2.24, 2.45) is 5.92 Å². The van der Waals surface area contributed by atoms with Crippen LogP contribution in [0.3, 0.4) is 0 Å². The molecule has 0 heterocycles. The summed E-state index contributed by atoms with van der Waals surface area (Å²) in [4.78, 5) is 24.7. The van der Waals surface area contributed by atoms with E-state index in [9.17, 15) is 14.0 Å². The molecule has 0 aliphatic rings. The van der Waals surface area contributed by atoms with Gasteiger partial charge in [0.2, 0.25) is 11.8 Å². The number of carbonyl (C=O) groups excluding carboxylic acids is 2. The van der Waals surface area contributed by atoms with Crippen molar-refractivity contribution in [3.8, 4) is 0 Å². The van der Waals surface area contributed by atoms with E-state index in [1.807, 2.05) is 50.2 Å². The van der Waals surface area contributed by atoms with E-state index in [-0.39, 0.29) is 30.0 Å². The van der Waals surface area contributed by atoms with Crippen LogP contribution >= 0.6 is 0 Å². The number of hydrogen-bond acceptors (Lipinski definition) is 2. The smallest absolute Gasteiger partial charge is 0.242 e. The molecule has 138 valence electrons. The molecule has 26 heavy (non-hydrogen) atoms. The quantitative estimate of drug-likeness (QED) is 0.764. The van der Waals surface area contributed by atoms with Gasteiger partial charge in [0.15, 0.2) is 0 Å². The van der Waals surface area contributed by atoms with Gasteiger partial charge in [-0.3, -0.25) is 9.59 Å². The van der Waals surface area contributed by atoms with Crippen LogP contribution in [0, 0.1) is 11.7 Å². The molecule has 2 amide bonds. The summed E-state index contributed by atoms with van der Waals surface area (Å²) in [5.74, 6) is -0.737. The molecule has 0 saturated heterocycles. The number of benzene rings is 2. The zero-order valence-electron chi connectivity index (χ0n) is 15.2. The SMILES string of the molecule is CC(C)[C@H](NC(=O)Cc1ccccc1)C(=O)NCCc1cccc(F)c1. The average Bonchev–Trinajstić information content (AvgIpc) is 2.60. The van der Waals surface area contributed by atoms with Gasteiger partial charge >= 0.3 is 0 Å². The number of carbonyl (C=O) groups is 2. The van der Waals surface area contributed by atoms with Crippen LogP contribution in [0.4, 0.5) is 4.39 Å². The summed E-state index contributed by atoms with van der Waals surface area (Å²) in [7, 11) is 0. The first kappa shape index (κ1) is 19.6. The molecule has 0 aliphatic carbocycles. The lowest BCUT2D eigenvalue weighted by Gasteiger charge is -2.22. The monoisotopic (exact) mass is 356 g/mol. The van der Waals surface area contributed by atoms with Crippen molar-refractivity contribution in [3.63, 3.8) is 0 Å². The van der Waals surface area contributed by atoms with Gasteiger partial charge in [-0.2, -0.15) is 0 Å². The Kier molecular flexibility index (Phi) is 7.33. The summed E-state index contributed by atoms with van der Waals surface area (Å²) < 4.78 is 13.2. The van der Waals surface area contributed by atoms with Crippen molar-refractivity contribution in [1.29, 1.82) is 0 Å². The van der Waals surface area contributed by atoms with Crippen molar-refractivity contribution >= 4 is 11.8 Å². The van der Waals surface area contributed by atoms with Crippen LogP contribution in [0.2, 0.25) is 0 Å². The molecule has 0 aromatic heterocycles. The van der Waals surface area contributed by atoms with E-state index in [0.717, 1.165) is 11.1 Å². The topological polar surface area (TPSA) is 58.2 Å². The minimum Gasteiger partial charge on any atom is -0.354 e. The summed E-state index contributed by atoms with van der Waals surface area (Å²) in [6.07, 6.45) is 0.771. The molecule has 0 aliphatic heterocycles. The largest absolute Gasteiger partial charge is 0.354 e. The lowest BCUT2D eigenvalue weighted by atomic mass is 10.0. The van der Waals surface area contributed by atoms with Gasteiger partial charge in [0.1, 0.15) is 11.9 Å². The molecule has 2 aromatic carbocycles. The molecule has 2 N–H and O–H groups in total. The van der Waals surface area contributed by atoms with E-state index >= 15 is 0 Å². The van der Waals surface area contributed by atoms with E-state index in [2.05, 4.69) is 10.6 Å². The number of nitrogens with one attached hydrogen (secondary N) is 2. The van der Waals surface area contributed by atoms with Gasteiger partial charge in [0.05, 0.1) is 6.42 Å². The molecule has 0 saturated carbocycles. The molecule has 4 nitrogen and oxygen atoms in total. The van der Waals surface area contributed by atoms with Crippen molar-refractivity contribution in [3.05, 3.63) is 71.5 Å². The van der Waals surface area contributed by atoms with Crippen molar-refractivity contribution in [2.45, 2.75) is 32.7 Å². The Morgan fingerprint density at radius 2 is 1.69 bits per heavy atom. The maximum Gasteiger partial charge on any atom is 0.242 e.